The molecule has 0 unspecified atom stereocenters. The van der Waals surface area contributed by atoms with Gasteiger partial charge >= 0.3 is 0 Å². The van der Waals surface area contributed by atoms with E-state index in [1.807, 2.05) is 36.4 Å². The number of hydrogen-bond acceptors (Lipinski definition) is 4. The first-order valence-electron chi connectivity index (χ1n) is 11.8. The number of hydrogen-bond donors (Lipinski definition) is 0. The van der Waals surface area contributed by atoms with Gasteiger partial charge in [-0.05, 0) is 54.0 Å². The van der Waals surface area contributed by atoms with E-state index in [1.54, 1.807) is 30.6 Å². The predicted octanol–water partition coefficient (Wildman–Crippen LogP) is 7.05. The number of nitriles is 1. The van der Waals surface area contributed by atoms with E-state index in [0.29, 0.717) is 47.5 Å². The molecule has 3 aromatic carbocycles. The fourth-order valence-corrected chi connectivity index (χ4v) is 3.95. The SMILES string of the molecule is CCCCCCOc1cnc(-c2ccc3c(F)c(CCc4ccc(C#N)cc4)ccc3c2)nc1. The first-order valence-corrected chi connectivity index (χ1v) is 11.8. The van der Waals surface area contributed by atoms with Crippen LogP contribution < -0.4 is 4.74 Å². The van der Waals surface area contributed by atoms with Gasteiger partial charge < -0.3 is 4.74 Å². The molecule has 0 saturated carbocycles. The zero-order valence-electron chi connectivity index (χ0n) is 19.4. The van der Waals surface area contributed by atoms with E-state index in [1.165, 1.54) is 19.3 Å². The van der Waals surface area contributed by atoms with E-state index in [2.05, 4.69) is 23.0 Å². The molecule has 4 nitrogen and oxygen atoms in total. The monoisotopic (exact) mass is 453 g/mol. The number of unbranched alkanes of at least 4 members (excludes halogenated alkanes) is 3. The Labute approximate surface area is 200 Å². The van der Waals surface area contributed by atoms with Crippen LogP contribution in [0.15, 0.2) is 67.0 Å². The molecule has 0 radical (unpaired) electrons. The van der Waals surface area contributed by atoms with Crippen LogP contribution in [0.1, 0.15) is 49.3 Å². The molecule has 172 valence electrons. The van der Waals surface area contributed by atoms with Crippen LogP contribution in [0.25, 0.3) is 22.2 Å². The second kappa shape index (κ2) is 11.4. The smallest absolute Gasteiger partial charge is 0.159 e. The maximum absolute atomic E-state index is 15.2. The van der Waals surface area contributed by atoms with E-state index < -0.39 is 0 Å². The van der Waals surface area contributed by atoms with Gasteiger partial charge in [-0.25, -0.2) is 14.4 Å². The highest BCUT2D eigenvalue weighted by atomic mass is 19.1. The molecular formula is C29H28FN3O. The summed E-state index contributed by atoms with van der Waals surface area (Å²) in [7, 11) is 0. The predicted molar refractivity (Wildman–Crippen MR) is 133 cm³/mol. The summed E-state index contributed by atoms with van der Waals surface area (Å²) in [6.45, 7) is 2.86. The van der Waals surface area contributed by atoms with Crippen LogP contribution in [0.4, 0.5) is 4.39 Å². The highest BCUT2D eigenvalue weighted by Crippen LogP contribution is 2.27. The van der Waals surface area contributed by atoms with Crippen LogP contribution in [-0.4, -0.2) is 16.6 Å². The van der Waals surface area contributed by atoms with Crippen LogP contribution in [0.3, 0.4) is 0 Å². The van der Waals surface area contributed by atoms with Crippen LogP contribution in [0.2, 0.25) is 0 Å². The van der Waals surface area contributed by atoms with Gasteiger partial charge in [0.15, 0.2) is 11.6 Å². The minimum Gasteiger partial charge on any atom is -0.490 e. The van der Waals surface area contributed by atoms with Crippen molar-refractivity contribution in [3.63, 3.8) is 0 Å². The fraction of sp³-hybridized carbons (Fsp3) is 0.276. The number of aryl methyl sites for hydroxylation is 2. The van der Waals surface area contributed by atoms with Gasteiger partial charge in [-0.15, -0.1) is 0 Å². The molecule has 0 aliphatic rings. The number of halogens is 1. The van der Waals surface area contributed by atoms with E-state index in [9.17, 15) is 0 Å². The average Bonchev–Trinajstić information content (AvgIpc) is 2.89. The van der Waals surface area contributed by atoms with Gasteiger partial charge in [0.2, 0.25) is 0 Å². The minimum atomic E-state index is -0.189. The van der Waals surface area contributed by atoms with Crippen LogP contribution >= 0.6 is 0 Å². The molecule has 0 spiro atoms. The van der Waals surface area contributed by atoms with Gasteiger partial charge in [0.1, 0.15) is 5.82 Å². The summed E-state index contributed by atoms with van der Waals surface area (Å²) in [5, 5.41) is 10.3. The molecule has 0 amide bonds. The molecule has 0 N–H and O–H groups in total. The van der Waals surface area contributed by atoms with Gasteiger partial charge in [0.05, 0.1) is 30.6 Å². The summed E-state index contributed by atoms with van der Waals surface area (Å²) in [5.74, 6) is 1.06. The lowest BCUT2D eigenvalue weighted by Gasteiger charge is -2.09. The third kappa shape index (κ3) is 5.77. The molecule has 0 bridgehead atoms. The molecular weight excluding hydrogens is 425 g/mol. The summed E-state index contributed by atoms with van der Waals surface area (Å²) in [4.78, 5) is 8.87. The van der Waals surface area contributed by atoms with Crippen molar-refractivity contribution in [3.05, 3.63) is 89.5 Å². The zero-order valence-corrected chi connectivity index (χ0v) is 19.4. The summed E-state index contributed by atoms with van der Waals surface area (Å²) in [5.41, 5.74) is 3.23. The highest BCUT2D eigenvalue weighted by molar-refractivity contribution is 5.87. The molecule has 5 heteroatoms. The summed E-state index contributed by atoms with van der Waals surface area (Å²) in [6, 6.07) is 18.9. The number of fused-ring (bicyclic) bond motifs is 1. The van der Waals surface area contributed by atoms with Crippen molar-refractivity contribution in [2.75, 3.05) is 6.61 Å². The topological polar surface area (TPSA) is 58.8 Å². The molecule has 0 aliphatic carbocycles. The van der Waals surface area contributed by atoms with Crippen molar-refractivity contribution in [2.24, 2.45) is 0 Å². The largest absolute Gasteiger partial charge is 0.490 e. The average molecular weight is 454 g/mol. The van der Waals surface area contributed by atoms with Crippen molar-refractivity contribution in [1.29, 1.82) is 5.26 Å². The summed E-state index contributed by atoms with van der Waals surface area (Å²) in [6.07, 6.45) is 9.32. The number of aromatic nitrogens is 2. The second-order valence-corrected chi connectivity index (χ2v) is 8.43. The third-order valence-corrected chi connectivity index (χ3v) is 5.95. The van der Waals surface area contributed by atoms with E-state index in [0.717, 1.165) is 22.9 Å². The summed E-state index contributed by atoms with van der Waals surface area (Å²) < 4.78 is 20.9. The zero-order chi connectivity index (χ0) is 23.8. The lowest BCUT2D eigenvalue weighted by atomic mass is 9.98. The van der Waals surface area contributed by atoms with Crippen molar-refractivity contribution < 1.29 is 9.13 Å². The molecule has 0 aliphatic heterocycles. The van der Waals surface area contributed by atoms with Gasteiger partial charge in [-0.3, -0.25) is 0 Å². The maximum Gasteiger partial charge on any atom is 0.159 e. The Morgan fingerprint density at radius 3 is 2.44 bits per heavy atom. The van der Waals surface area contributed by atoms with Crippen molar-refractivity contribution in [2.45, 2.75) is 45.4 Å². The molecule has 34 heavy (non-hydrogen) atoms. The standard InChI is InChI=1S/C29H28FN3O/c1-2-3-4-5-16-34-26-19-32-29(33-20-26)25-14-15-27-24(17-25)13-12-23(28(27)30)11-10-21-6-8-22(18-31)9-7-21/h6-9,12-15,17,19-20H,2-5,10-11,16H2,1H3. The Kier molecular flexibility index (Phi) is 7.83. The number of benzene rings is 3. The molecule has 0 saturated heterocycles. The molecule has 1 heterocycles. The summed E-state index contributed by atoms with van der Waals surface area (Å²) >= 11 is 0. The second-order valence-electron chi connectivity index (χ2n) is 8.43. The molecule has 0 fully saturated rings. The van der Waals surface area contributed by atoms with E-state index in [4.69, 9.17) is 10.00 Å². The van der Waals surface area contributed by atoms with E-state index in [-0.39, 0.29) is 5.82 Å². The van der Waals surface area contributed by atoms with Gasteiger partial charge in [0.25, 0.3) is 0 Å². The Morgan fingerprint density at radius 1 is 0.912 bits per heavy atom. The quantitative estimate of drug-likeness (QED) is 0.241. The fourth-order valence-electron chi connectivity index (χ4n) is 3.95. The maximum atomic E-state index is 15.2. The highest BCUT2D eigenvalue weighted by Gasteiger charge is 2.10. The van der Waals surface area contributed by atoms with Gasteiger partial charge in [-0.2, -0.15) is 5.26 Å². The first kappa shape index (κ1) is 23.4. The van der Waals surface area contributed by atoms with Gasteiger partial charge in [0, 0.05) is 10.9 Å². The van der Waals surface area contributed by atoms with Crippen molar-refractivity contribution in [3.8, 4) is 23.2 Å². The third-order valence-electron chi connectivity index (χ3n) is 5.95. The Balaban J connectivity index is 1.43. The lowest BCUT2D eigenvalue weighted by Crippen LogP contribution is -1.99. The Hall–Kier alpha value is -3.78. The van der Waals surface area contributed by atoms with Crippen molar-refractivity contribution in [1.82, 2.24) is 9.97 Å². The van der Waals surface area contributed by atoms with Crippen LogP contribution in [0, 0.1) is 17.1 Å². The number of nitrogens with zero attached hydrogens (tertiary/aromatic N) is 3. The Morgan fingerprint density at radius 2 is 1.71 bits per heavy atom. The minimum absolute atomic E-state index is 0.189. The number of rotatable bonds is 10. The first-order chi connectivity index (χ1) is 16.7. The van der Waals surface area contributed by atoms with Crippen LogP contribution in [0.5, 0.6) is 5.75 Å². The lowest BCUT2D eigenvalue weighted by molar-refractivity contribution is 0.303. The molecule has 4 rings (SSSR count). The van der Waals surface area contributed by atoms with Crippen LogP contribution in [-0.2, 0) is 12.8 Å². The molecule has 1 aromatic heterocycles. The number of ether oxygens (including phenoxy) is 1. The normalized spacial score (nSPS) is 10.9. The molecule has 0 atom stereocenters. The Bertz CT molecular complexity index is 1280. The van der Waals surface area contributed by atoms with Gasteiger partial charge in [-0.1, -0.05) is 62.6 Å². The van der Waals surface area contributed by atoms with Crippen molar-refractivity contribution >= 4 is 10.8 Å². The van der Waals surface area contributed by atoms with E-state index >= 15 is 4.39 Å². The molecule has 4 aromatic rings.